The number of hydrogen-bond acceptors (Lipinski definition) is 6. The number of pyridine rings is 1. The predicted octanol–water partition coefficient (Wildman–Crippen LogP) is 5.81. The van der Waals surface area contributed by atoms with E-state index in [4.69, 9.17) is 9.47 Å². The van der Waals surface area contributed by atoms with Crippen molar-refractivity contribution in [2.24, 2.45) is 5.92 Å². The first-order valence-electron chi connectivity index (χ1n) is 11.5. The Kier molecular flexibility index (Phi) is 7.28. The smallest absolute Gasteiger partial charge is 0.307 e. The van der Waals surface area contributed by atoms with Crippen molar-refractivity contribution >= 4 is 17.3 Å². The zero-order chi connectivity index (χ0) is 23.4. The Morgan fingerprint density at radius 3 is 2.70 bits per heavy atom. The van der Waals surface area contributed by atoms with Crippen LogP contribution in [0.4, 0.5) is 0 Å². The number of nitrogens with zero attached hydrogens (tertiary/aromatic N) is 2. The zero-order valence-electron chi connectivity index (χ0n) is 19.3. The highest BCUT2D eigenvalue weighted by Gasteiger charge is 2.33. The van der Waals surface area contributed by atoms with Crippen molar-refractivity contribution in [3.63, 3.8) is 0 Å². The second-order valence-corrected chi connectivity index (χ2v) is 9.66. The predicted molar refractivity (Wildman–Crippen MR) is 129 cm³/mol. The second kappa shape index (κ2) is 10.3. The number of ether oxygens (including phenoxy) is 2. The number of thiazole rings is 1. The molecule has 0 saturated carbocycles. The van der Waals surface area contributed by atoms with Crippen LogP contribution >= 0.6 is 11.3 Å². The maximum atomic E-state index is 11.6. The number of carbonyl (C=O) groups is 1. The number of aliphatic carboxylic acids is 1. The van der Waals surface area contributed by atoms with E-state index < -0.39 is 5.97 Å². The maximum absolute atomic E-state index is 11.6. The molecular formula is C26H30N2O4S. The van der Waals surface area contributed by atoms with Gasteiger partial charge in [0, 0.05) is 29.1 Å². The standard InChI is InChI=1S/C26H30N2O4S/c1-4-21(26(29)30)23-9-6-18-14-20(8-10-22(18)23)31-12-5-13-32-24-11-7-19(15-27-24)25-28-16(2)17(3)33-25/h7-8,10-11,14-15,21,23H,4-6,9,12-13H2,1-3H3,(H,29,30)/t21?,23-/m0/s1. The van der Waals surface area contributed by atoms with Gasteiger partial charge in [-0.1, -0.05) is 13.0 Å². The molecular weight excluding hydrogens is 436 g/mol. The van der Waals surface area contributed by atoms with Crippen molar-refractivity contribution in [1.82, 2.24) is 9.97 Å². The van der Waals surface area contributed by atoms with Crippen molar-refractivity contribution in [3.8, 4) is 22.2 Å². The van der Waals surface area contributed by atoms with Crippen molar-refractivity contribution in [2.75, 3.05) is 13.2 Å². The van der Waals surface area contributed by atoms with Crippen LogP contribution in [0, 0.1) is 19.8 Å². The Labute approximate surface area is 198 Å². The van der Waals surface area contributed by atoms with E-state index in [0.29, 0.717) is 25.5 Å². The molecule has 33 heavy (non-hydrogen) atoms. The molecule has 2 atom stereocenters. The number of aryl methyl sites for hydroxylation is 3. The summed E-state index contributed by atoms with van der Waals surface area (Å²) in [5.41, 5.74) is 4.43. The first-order chi connectivity index (χ1) is 16.0. The largest absolute Gasteiger partial charge is 0.493 e. The Morgan fingerprint density at radius 2 is 2.03 bits per heavy atom. The van der Waals surface area contributed by atoms with Crippen molar-refractivity contribution in [1.29, 1.82) is 0 Å². The first kappa shape index (κ1) is 23.2. The van der Waals surface area contributed by atoms with Gasteiger partial charge in [-0.3, -0.25) is 4.79 Å². The van der Waals surface area contributed by atoms with Gasteiger partial charge in [0.25, 0.3) is 0 Å². The van der Waals surface area contributed by atoms with E-state index in [9.17, 15) is 9.90 Å². The number of benzene rings is 1. The molecule has 0 fully saturated rings. The molecule has 1 N–H and O–H groups in total. The molecule has 0 radical (unpaired) electrons. The van der Waals surface area contributed by atoms with Crippen LogP contribution in [0.5, 0.6) is 11.6 Å². The summed E-state index contributed by atoms with van der Waals surface area (Å²) in [4.78, 5) is 21.7. The van der Waals surface area contributed by atoms with Crippen molar-refractivity contribution in [2.45, 2.75) is 52.4 Å². The molecule has 1 aliphatic rings. The molecule has 1 aromatic carbocycles. The van der Waals surface area contributed by atoms with Gasteiger partial charge in [0.1, 0.15) is 10.8 Å². The molecule has 3 aromatic rings. The lowest BCUT2D eigenvalue weighted by molar-refractivity contribution is -0.142. The molecule has 4 rings (SSSR count). The molecule has 0 saturated heterocycles. The molecule has 6 nitrogen and oxygen atoms in total. The average Bonchev–Trinajstić information content (AvgIpc) is 3.37. The summed E-state index contributed by atoms with van der Waals surface area (Å²) in [5, 5.41) is 10.5. The fraction of sp³-hybridized carbons (Fsp3) is 0.423. The van der Waals surface area contributed by atoms with Crippen LogP contribution < -0.4 is 9.47 Å². The topological polar surface area (TPSA) is 81.5 Å². The van der Waals surface area contributed by atoms with E-state index in [1.807, 2.05) is 38.1 Å². The Hall–Kier alpha value is -2.93. The lowest BCUT2D eigenvalue weighted by Gasteiger charge is -2.19. The van der Waals surface area contributed by atoms with Crippen molar-refractivity contribution < 1.29 is 19.4 Å². The Bertz CT molecular complexity index is 1090. The van der Waals surface area contributed by atoms with E-state index >= 15 is 0 Å². The summed E-state index contributed by atoms with van der Waals surface area (Å²) in [7, 11) is 0. The highest BCUT2D eigenvalue weighted by atomic mass is 32.1. The molecule has 1 aliphatic carbocycles. The van der Waals surface area contributed by atoms with Crippen LogP contribution in [0.1, 0.15) is 53.8 Å². The van der Waals surface area contributed by atoms with E-state index in [2.05, 4.69) is 23.0 Å². The summed E-state index contributed by atoms with van der Waals surface area (Å²) in [6.45, 7) is 7.10. The molecule has 0 amide bonds. The van der Waals surface area contributed by atoms with Gasteiger partial charge in [-0.15, -0.1) is 11.3 Å². The number of carboxylic acid groups (broad SMARTS) is 1. The molecule has 1 unspecified atom stereocenters. The third-order valence-corrected chi connectivity index (χ3v) is 7.42. The Balaban J connectivity index is 1.23. The number of fused-ring (bicyclic) bond motifs is 1. The quantitative estimate of drug-likeness (QED) is 0.380. The van der Waals surface area contributed by atoms with Gasteiger partial charge in [0.05, 0.1) is 24.8 Å². The molecule has 2 heterocycles. The first-order valence-corrected chi connectivity index (χ1v) is 12.3. The van der Waals surface area contributed by atoms with Gasteiger partial charge in [-0.2, -0.15) is 0 Å². The number of hydrogen-bond donors (Lipinski definition) is 1. The normalized spacial score (nSPS) is 15.8. The van der Waals surface area contributed by atoms with Gasteiger partial charge >= 0.3 is 5.97 Å². The van der Waals surface area contributed by atoms with Gasteiger partial charge in [0.2, 0.25) is 5.88 Å². The van der Waals surface area contributed by atoms with Gasteiger partial charge < -0.3 is 14.6 Å². The van der Waals surface area contributed by atoms with Crippen LogP contribution in [0.15, 0.2) is 36.5 Å². The summed E-state index contributed by atoms with van der Waals surface area (Å²) in [5.74, 6) is 0.513. The van der Waals surface area contributed by atoms with Crippen LogP contribution in [0.25, 0.3) is 10.6 Å². The van der Waals surface area contributed by atoms with E-state index in [0.717, 1.165) is 46.8 Å². The maximum Gasteiger partial charge on any atom is 0.307 e. The third-order valence-electron chi connectivity index (χ3n) is 6.30. The summed E-state index contributed by atoms with van der Waals surface area (Å²) < 4.78 is 11.7. The highest BCUT2D eigenvalue weighted by molar-refractivity contribution is 7.15. The molecule has 0 aliphatic heterocycles. The minimum atomic E-state index is -0.701. The Morgan fingerprint density at radius 1 is 1.21 bits per heavy atom. The number of aromatic nitrogens is 2. The molecule has 2 aromatic heterocycles. The van der Waals surface area contributed by atoms with Gasteiger partial charge in [-0.05, 0) is 68.4 Å². The number of rotatable bonds is 10. The fourth-order valence-electron chi connectivity index (χ4n) is 4.38. The molecule has 0 spiro atoms. The minimum absolute atomic E-state index is 0.104. The summed E-state index contributed by atoms with van der Waals surface area (Å²) >= 11 is 1.67. The summed E-state index contributed by atoms with van der Waals surface area (Å²) in [6.07, 6.45) is 5.00. The van der Waals surface area contributed by atoms with Gasteiger partial charge in [-0.25, -0.2) is 9.97 Å². The van der Waals surface area contributed by atoms with Crippen molar-refractivity contribution in [3.05, 3.63) is 58.2 Å². The van der Waals surface area contributed by atoms with Crippen LogP contribution in [0.3, 0.4) is 0 Å². The SMILES string of the molecule is CCC(C(=O)O)[C@@H]1CCc2cc(OCCCOc3ccc(-c4nc(C)c(C)s4)cn3)ccc21. The van der Waals surface area contributed by atoms with Crippen LogP contribution in [0.2, 0.25) is 0 Å². The average molecular weight is 467 g/mol. The summed E-state index contributed by atoms with van der Waals surface area (Å²) in [6, 6.07) is 9.92. The molecule has 174 valence electrons. The van der Waals surface area contributed by atoms with Gasteiger partial charge in [0.15, 0.2) is 0 Å². The highest BCUT2D eigenvalue weighted by Crippen LogP contribution is 2.41. The molecule has 7 heteroatoms. The fourth-order valence-corrected chi connectivity index (χ4v) is 5.28. The third kappa shape index (κ3) is 5.36. The minimum Gasteiger partial charge on any atom is -0.493 e. The van der Waals surface area contributed by atoms with E-state index in [1.54, 1.807) is 17.5 Å². The van der Waals surface area contributed by atoms with Crippen LogP contribution in [-0.2, 0) is 11.2 Å². The van der Waals surface area contributed by atoms with E-state index in [1.165, 1.54) is 10.4 Å². The number of carboxylic acids is 1. The lowest BCUT2D eigenvalue weighted by atomic mass is 9.85. The van der Waals surface area contributed by atoms with E-state index in [-0.39, 0.29) is 11.8 Å². The second-order valence-electron chi connectivity index (χ2n) is 8.45. The zero-order valence-corrected chi connectivity index (χ0v) is 20.2. The van der Waals surface area contributed by atoms with Crippen LogP contribution in [-0.4, -0.2) is 34.3 Å². The monoisotopic (exact) mass is 466 g/mol. The lowest BCUT2D eigenvalue weighted by Crippen LogP contribution is -2.19. The molecule has 0 bridgehead atoms.